The van der Waals surface area contributed by atoms with E-state index in [9.17, 15) is 0 Å². The van der Waals surface area contributed by atoms with Crippen LogP contribution < -0.4 is 0 Å². The lowest BCUT2D eigenvalue weighted by Crippen LogP contribution is -2.38. The summed E-state index contributed by atoms with van der Waals surface area (Å²) in [6, 6.07) is 0. The van der Waals surface area contributed by atoms with Crippen LogP contribution in [0.1, 0.15) is 40.5 Å². The molecule has 14 heavy (non-hydrogen) atoms. The monoisotopic (exact) mass is 198 g/mol. The maximum Gasteiger partial charge on any atom is 0.0493 e. The highest BCUT2D eigenvalue weighted by Gasteiger charge is 2.37. The molecule has 5 unspecified atom stereocenters. The van der Waals surface area contributed by atoms with Gasteiger partial charge in [-0.15, -0.1) is 0 Å². The second-order valence-electron chi connectivity index (χ2n) is 5.22. The Bertz CT molecular complexity index is 165. The summed E-state index contributed by atoms with van der Waals surface area (Å²) in [5, 5.41) is 0. The molecule has 5 atom stereocenters. The Morgan fingerprint density at radius 1 is 1.14 bits per heavy atom. The van der Waals surface area contributed by atoms with Gasteiger partial charge in [-0.05, 0) is 36.0 Å². The molecule has 0 radical (unpaired) electrons. The highest BCUT2D eigenvalue weighted by molar-refractivity contribution is 4.86. The lowest BCUT2D eigenvalue weighted by Gasteiger charge is -2.43. The fourth-order valence-corrected chi connectivity index (χ4v) is 3.41. The zero-order valence-corrected chi connectivity index (χ0v) is 10.4. The van der Waals surface area contributed by atoms with Crippen LogP contribution in [0.25, 0.3) is 0 Å². The molecule has 0 spiro atoms. The largest absolute Gasteiger partial charge is 0.384 e. The van der Waals surface area contributed by atoms with E-state index >= 15 is 0 Å². The average Bonchev–Trinajstić information content (AvgIpc) is 2.15. The normalized spacial score (nSPS) is 43.9. The molecule has 1 aliphatic rings. The Hall–Kier alpha value is -0.0400. The van der Waals surface area contributed by atoms with Crippen molar-refractivity contribution in [2.75, 3.05) is 13.7 Å². The maximum absolute atomic E-state index is 5.32. The first kappa shape index (κ1) is 12.0. The third-order valence-electron chi connectivity index (χ3n) is 4.51. The third kappa shape index (κ3) is 2.31. The lowest BCUT2D eigenvalue weighted by molar-refractivity contribution is 0.0162. The topological polar surface area (TPSA) is 9.23 Å². The molecular weight excluding hydrogens is 172 g/mol. The lowest BCUT2D eigenvalue weighted by atomic mass is 9.63. The van der Waals surface area contributed by atoms with Crippen molar-refractivity contribution in [2.45, 2.75) is 40.5 Å². The fraction of sp³-hybridized carbons (Fsp3) is 1.00. The van der Waals surface area contributed by atoms with Crippen LogP contribution in [0, 0.1) is 29.6 Å². The van der Waals surface area contributed by atoms with Crippen LogP contribution in [-0.4, -0.2) is 13.7 Å². The van der Waals surface area contributed by atoms with Crippen molar-refractivity contribution < 1.29 is 4.74 Å². The molecule has 0 N–H and O–H groups in total. The number of ether oxygens (including phenoxy) is 1. The SMILES string of the molecule is CCC1C(C)CC(COC)C(C)C1C. The molecule has 0 aliphatic heterocycles. The van der Waals surface area contributed by atoms with Gasteiger partial charge in [-0.2, -0.15) is 0 Å². The summed E-state index contributed by atoms with van der Waals surface area (Å²) >= 11 is 0. The first-order chi connectivity index (χ1) is 6.61. The van der Waals surface area contributed by atoms with Gasteiger partial charge in [0.25, 0.3) is 0 Å². The Balaban J connectivity index is 2.62. The van der Waals surface area contributed by atoms with E-state index in [0.717, 1.165) is 36.2 Å². The second-order valence-corrected chi connectivity index (χ2v) is 5.22. The Kier molecular flexibility index (Phi) is 4.43. The van der Waals surface area contributed by atoms with E-state index in [2.05, 4.69) is 27.7 Å². The average molecular weight is 198 g/mol. The summed E-state index contributed by atoms with van der Waals surface area (Å²) < 4.78 is 5.32. The van der Waals surface area contributed by atoms with Crippen LogP contribution in [0.15, 0.2) is 0 Å². The van der Waals surface area contributed by atoms with Crippen LogP contribution in [0.5, 0.6) is 0 Å². The number of hydrogen-bond donors (Lipinski definition) is 0. The summed E-state index contributed by atoms with van der Waals surface area (Å²) in [5.74, 6) is 4.29. The Morgan fingerprint density at radius 3 is 2.29 bits per heavy atom. The number of hydrogen-bond acceptors (Lipinski definition) is 1. The van der Waals surface area contributed by atoms with E-state index in [4.69, 9.17) is 4.74 Å². The zero-order valence-electron chi connectivity index (χ0n) is 10.4. The molecule has 1 fully saturated rings. The highest BCUT2D eigenvalue weighted by Crippen LogP contribution is 2.43. The summed E-state index contributed by atoms with van der Waals surface area (Å²) in [6.45, 7) is 10.5. The van der Waals surface area contributed by atoms with E-state index < -0.39 is 0 Å². The molecule has 84 valence electrons. The first-order valence-electron chi connectivity index (χ1n) is 6.10. The predicted octanol–water partition coefficient (Wildman–Crippen LogP) is 3.59. The van der Waals surface area contributed by atoms with E-state index in [1.54, 1.807) is 0 Å². The molecular formula is C13H26O. The van der Waals surface area contributed by atoms with Crippen LogP contribution in [0.4, 0.5) is 0 Å². The van der Waals surface area contributed by atoms with Crippen molar-refractivity contribution in [1.82, 2.24) is 0 Å². The van der Waals surface area contributed by atoms with Gasteiger partial charge in [0.2, 0.25) is 0 Å². The highest BCUT2D eigenvalue weighted by atomic mass is 16.5. The van der Waals surface area contributed by atoms with Gasteiger partial charge in [-0.3, -0.25) is 0 Å². The quantitative estimate of drug-likeness (QED) is 0.673. The third-order valence-corrected chi connectivity index (χ3v) is 4.51. The van der Waals surface area contributed by atoms with E-state index in [-0.39, 0.29) is 0 Å². The fourth-order valence-electron chi connectivity index (χ4n) is 3.41. The predicted molar refractivity (Wildman–Crippen MR) is 61.3 cm³/mol. The number of methoxy groups -OCH3 is 1. The first-order valence-corrected chi connectivity index (χ1v) is 6.10. The van der Waals surface area contributed by atoms with Gasteiger partial charge in [0.15, 0.2) is 0 Å². The maximum atomic E-state index is 5.32. The summed E-state index contributed by atoms with van der Waals surface area (Å²) in [5.41, 5.74) is 0. The van der Waals surface area contributed by atoms with Crippen LogP contribution in [0.3, 0.4) is 0 Å². The molecule has 1 heteroatoms. The van der Waals surface area contributed by atoms with Crippen LogP contribution in [-0.2, 0) is 4.74 Å². The molecule has 0 amide bonds. The van der Waals surface area contributed by atoms with Gasteiger partial charge in [0, 0.05) is 13.7 Å². The van der Waals surface area contributed by atoms with Crippen molar-refractivity contribution in [3.05, 3.63) is 0 Å². The van der Waals surface area contributed by atoms with E-state index in [1.165, 1.54) is 12.8 Å². The van der Waals surface area contributed by atoms with Gasteiger partial charge < -0.3 is 4.74 Å². The van der Waals surface area contributed by atoms with Gasteiger partial charge >= 0.3 is 0 Å². The van der Waals surface area contributed by atoms with Gasteiger partial charge in [-0.1, -0.05) is 34.1 Å². The molecule has 1 nitrogen and oxygen atoms in total. The zero-order chi connectivity index (χ0) is 10.7. The molecule has 1 saturated carbocycles. The van der Waals surface area contributed by atoms with Gasteiger partial charge in [0.05, 0.1) is 0 Å². The van der Waals surface area contributed by atoms with Crippen molar-refractivity contribution in [2.24, 2.45) is 29.6 Å². The van der Waals surface area contributed by atoms with Crippen LogP contribution in [0.2, 0.25) is 0 Å². The van der Waals surface area contributed by atoms with Gasteiger partial charge in [0.1, 0.15) is 0 Å². The van der Waals surface area contributed by atoms with Crippen molar-refractivity contribution in [3.8, 4) is 0 Å². The van der Waals surface area contributed by atoms with E-state index in [0.29, 0.717) is 0 Å². The number of rotatable bonds is 3. The van der Waals surface area contributed by atoms with Gasteiger partial charge in [-0.25, -0.2) is 0 Å². The summed E-state index contributed by atoms with van der Waals surface area (Å²) in [4.78, 5) is 0. The molecule has 0 saturated heterocycles. The Morgan fingerprint density at radius 2 is 1.79 bits per heavy atom. The molecule has 0 aromatic heterocycles. The van der Waals surface area contributed by atoms with Crippen molar-refractivity contribution in [1.29, 1.82) is 0 Å². The minimum atomic E-state index is 0.785. The Labute approximate surface area is 89.2 Å². The molecule has 0 aromatic rings. The van der Waals surface area contributed by atoms with Crippen molar-refractivity contribution >= 4 is 0 Å². The van der Waals surface area contributed by atoms with Crippen LogP contribution >= 0.6 is 0 Å². The minimum Gasteiger partial charge on any atom is -0.384 e. The summed E-state index contributed by atoms with van der Waals surface area (Å²) in [6.07, 6.45) is 2.70. The molecule has 1 aliphatic carbocycles. The molecule has 0 aromatic carbocycles. The molecule has 1 rings (SSSR count). The molecule has 0 bridgehead atoms. The second kappa shape index (κ2) is 5.16. The smallest absolute Gasteiger partial charge is 0.0493 e. The van der Waals surface area contributed by atoms with Crippen molar-refractivity contribution in [3.63, 3.8) is 0 Å². The summed E-state index contributed by atoms with van der Waals surface area (Å²) in [7, 11) is 1.83. The standard InChI is InChI=1S/C13H26O/c1-6-13-9(2)7-12(8-14-5)10(3)11(13)4/h9-13H,6-8H2,1-5H3. The van der Waals surface area contributed by atoms with E-state index in [1.807, 2.05) is 7.11 Å². The molecule has 0 heterocycles. The minimum absolute atomic E-state index is 0.785.